The molecule has 0 saturated carbocycles. The molecule has 0 aromatic heterocycles. The summed E-state index contributed by atoms with van der Waals surface area (Å²) in [6.07, 6.45) is 2.55. The highest BCUT2D eigenvalue weighted by atomic mass is 127. The lowest BCUT2D eigenvalue weighted by atomic mass is 10.1. The van der Waals surface area contributed by atoms with Crippen LogP contribution in [0, 0.1) is 3.57 Å². The van der Waals surface area contributed by atoms with Crippen molar-refractivity contribution in [3.8, 4) is 0 Å². The molecule has 1 heterocycles. The molecule has 120 valence electrons. The van der Waals surface area contributed by atoms with Crippen LogP contribution < -0.4 is 10.2 Å². The minimum Gasteiger partial charge on any atom is -0.372 e. The molecule has 1 amide bonds. The van der Waals surface area contributed by atoms with E-state index in [-0.39, 0.29) is 5.91 Å². The molecule has 3 nitrogen and oxygen atoms in total. The fourth-order valence-electron chi connectivity index (χ4n) is 2.75. The lowest BCUT2D eigenvalue weighted by Crippen LogP contribution is -2.23. The molecule has 0 bridgehead atoms. The average molecular weight is 441 g/mol. The van der Waals surface area contributed by atoms with Crippen molar-refractivity contribution < 1.29 is 4.79 Å². The van der Waals surface area contributed by atoms with Gasteiger partial charge in [-0.05, 0) is 71.3 Å². The summed E-state index contributed by atoms with van der Waals surface area (Å²) in [6.45, 7) is 2.81. The molecule has 2 aromatic carbocycles. The van der Waals surface area contributed by atoms with Crippen LogP contribution in [0.4, 0.5) is 5.69 Å². The smallest absolute Gasteiger partial charge is 0.252 e. The fourth-order valence-corrected chi connectivity index (χ4v) is 3.87. The molecule has 0 spiro atoms. The van der Waals surface area contributed by atoms with E-state index in [1.165, 1.54) is 18.5 Å². The van der Waals surface area contributed by atoms with Gasteiger partial charge in [0.1, 0.15) is 0 Å². The van der Waals surface area contributed by atoms with E-state index in [2.05, 4.69) is 57.1 Å². The number of amides is 1. The molecule has 2 aromatic rings. The van der Waals surface area contributed by atoms with Gasteiger partial charge in [0, 0.05) is 33.9 Å². The van der Waals surface area contributed by atoms with Crippen LogP contribution in [-0.2, 0) is 6.54 Å². The average Bonchev–Trinajstić information content (AvgIpc) is 3.07. The molecule has 0 unspecified atom stereocenters. The third-order valence-corrected chi connectivity index (χ3v) is 5.16. The molecule has 5 heteroatoms. The summed E-state index contributed by atoms with van der Waals surface area (Å²) in [4.78, 5) is 14.7. The molecule has 23 heavy (non-hydrogen) atoms. The van der Waals surface area contributed by atoms with Gasteiger partial charge >= 0.3 is 0 Å². The van der Waals surface area contributed by atoms with Crippen LogP contribution in [-0.4, -0.2) is 19.0 Å². The second-order valence-corrected chi connectivity index (χ2v) is 7.27. The number of nitrogens with zero attached hydrogens (tertiary/aromatic N) is 1. The van der Waals surface area contributed by atoms with Gasteiger partial charge in [0.05, 0.1) is 5.56 Å². The third-order valence-electron chi connectivity index (χ3n) is 4.04. The van der Waals surface area contributed by atoms with E-state index in [1.54, 1.807) is 18.2 Å². The highest BCUT2D eigenvalue weighted by Gasteiger charge is 2.12. The molecule has 1 aliphatic rings. The predicted octanol–water partition coefficient (Wildman–Crippen LogP) is 4.47. The van der Waals surface area contributed by atoms with Gasteiger partial charge in [-0.3, -0.25) is 4.79 Å². The molecule has 1 N–H and O–H groups in total. The quantitative estimate of drug-likeness (QED) is 0.711. The van der Waals surface area contributed by atoms with Crippen molar-refractivity contribution in [3.05, 3.63) is 62.2 Å². The maximum Gasteiger partial charge on any atom is 0.252 e. The molecule has 1 aliphatic heterocycles. The Labute approximate surface area is 155 Å². The van der Waals surface area contributed by atoms with Crippen molar-refractivity contribution in [3.63, 3.8) is 0 Å². The van der Waals surface area contributed by atoms with E-state index >= 15 is 0 Å². The van der Waals surface area contributed by atoms with Gasteiger partial charge in [-0.15, -0.1) is 0 Å². The minimum absolute atomic E-state index is 0.0744. The highest BCUT2D eigenvalue weighted by Crippen LogP contribution is 2.21. The number of nitrogens with one attached hydrogen (secondary N) is 1. The van der Waals surface area contributed by atoms with Crippen LogP contribution in [0.25, 0.3) is 0 Å². The van der Waals surface area contributed by atoms with Crippen LogP contribution >= 0.6 is 34.2 Å². The van der Waals surface area contributed by atoms with Crippen LogP contribution in [0.5, 0.6) is 0 Å². The van der Waals surface area contributed by atoms with Crippen LogP contribution in [0.2, 0.25) is 5.02 Å². The number of anilines is 1. The van der Waals surface area contributed by atoms with E-state index in [4.69, 9.17) is 11.6 Å². The Morgan fingerprint density at radius 1 is 1.13 bits per heavy atom. The number of hydrogen-bond acceptors (Lipinski definition) is 2. The molecule has 3 rings (SSSR count). The first-order valence-corrected chi connectivity index (χ1v) is 9.16. The van der Waals surface area contributed by atoms with Gasteiger partial charge in [-0.1, -0.05) is 23.7 Å². The summed E-state index contributed by atoms with van der Waals surface area (Å²) in [5, 5.41) is 3.61. The fraction of sp³-hybridized carbons (Fsp3) is 0.278. The topological polar surface area (TPSA) is 32.3 Å². The molecule has 0 radical (unpaired) electrons. The van der Waals surface area contributed by atoms with Crippen molar-refractivity contribution in [1.29, 1.82) is 0 Å². The van der Waals surface area contributed by atoms with Gasteiger partial charge in [-0.2, -0.15) is 0 Å². The van der Waals surface area contributed by atoms with Crippen LogP contribution in [0.3, 0.4) is 0 Å². The van der Waals surface area contributed by atoms with Gasteiger partial charge in [0.25, 0.3) is 5.91 Å². The zero-order valence-corrected chi connectivity index (χ0v) is 15.6. The Morgan fingerprint density at radius 3 is 2.48 bits per heavy atom. The zero-order valence-electron chi connectivity index (χ0n) is 12.7. The molecule has 0 aliphatic carbocycles. The molecule has 1 fully saturated rings. The first-order chi connectivity index (χ1) is 11.1. The molecule has 1 saturated heterocycles. The third kappa shape index (κ3) is 4.18. The van der Waals surface area contributed by atoms with Crippen molar-refractivity contribution in [1.82, 2.24) is 5.32 Å². The Morgan fingerprint density at radius 2 is 1.83 bits per heavy atom. The van der Waals surface area contributed by atoms with Crippen molar-refractivity contribution >= 4 is 45.8 Å². The predicted molar refractivity (Wildman–Crippen MR) is 103 cm³/mol. The van der Waals surface area contributed by atoms with E-state index in [0.29, 0.717) is 17.1 Å². The largest absolute Gasteiger partial charge is 0.372 e. The summed E-state index contributed by atoms with van der Waals surface area (Å²) in [5.74, 6) is -0.0744. The van der Waals surface area contributed by atoms with E-state index in [1.807, 2.05) is 0 Å². The minimum atomic E-state index is -0.0744. The lowest BCUT2D eigenvalue weighted by Gasteiger charge is -2.17. The second-order valence-electron chi connectivity index (χ2n) is 5.67. The first-order valence-electron chi connectivity index (χ1n) is 7.70. The normalized spacial score (nSPS) is 14.1. The highest BCUT2D eigenvalue weighted by molar-refractivity contribution is 14.1. The molecule has 0 atom stereocenters. The Hall–Kier alpha value is -1.27. The number of carbonyl (C=O) groups is 1. The lowest BCUT2D eigenvalue weighted by molar-refractivity contribution is 0.0950. The Kier molecular flexibility index (Phi) is 5.43. The SMILES string of the molecule is O=C(NCc1ccc(N2CCCC2)cc1)c1ccc(Cl)cc1I. The molecular weight excluding hydrogens is 423 g/mol. The van der Waals surface area contributed by atoms with Gasteiger partial charge in [0.2, 0.25) is 0 Å². The first kappa shape index (κ1) is 16.6. The number of benzene rings is 2. The molecular formula is C18H18ClIN2O. The van der Waals surface area contributed by atoms with Crippen LogP contribution in [0.1, 0.15) is 28.8 Å². The monoisotopic (exact) mass is 440 g/mol. The van der Waals surface area contributed by atoms with E-state index < -0.39 is 0 Å². The number of hydrogen-bond donors (Lipinski definition) is 1. The summed E-state index contributed by atoms with van der Waals surface area (Å²) in [6, 6.07) is 13.7. The number of rotatable bonds is 4. The van der Waals surface area contributed by atoms with Gasteiger partial charge in [0.15, 0.2) is 0 Å². The second kappa shape index (κ2) is 7.53. The maximum atomic E-state index is 12.3. The van der Waals surface area contributed by atoms with Gasteiger partial charge < -0.3 is 10.2 Å². The summed E-state index contributed by atoms with van der Waals surface area (Å²) in [7, 11) is 0. The summed E-state index contributed by atoms with van der Waals surface area (Å²) >= 11 is 8.05. The summed E-state index contributed by atoms with van der Waals surface area (Å²) < 4.78 is 0.858. The van der Waals surface area contributed by atoms with Crippen molar-refractivity contribution in [2.45, 2.75) is 19.4 Å². The Bertz CT molecular complexity index is 697. The van der Waals surface area contributed by atoms with Crippen LogP contribution in [0.15, 0.2) is 42.5 Å². The standard InChI is InChI=1S/C18H18ClIN2O/c19-14-5-8-16(17(20)11-14)18(23)21-12-13-3-6-15(7-4-13)22-9-1-2-10-22/h3-8,11H,1-2,9-10,12H2,(H,21,23). The van der Waals surface area contributed by atoms with Crippen molar-refractivity contribution in [2.75, 3.05) is 18.0 Å². The zero-order chi connectivity index (χ0) is 16.2. The number of halogens is 2. The van der Waals surface area contributed by atoms with Gasteiger partial charge in [-0.25, -0.2) is 0 Å². The number of carbonyl (C=O) groups excluding carboxylic acids is 1. The summed E-state index contributed by atoms with van der Waals surface area (Å²) in [5.41, 5.74) is 3.03. The van der Waals surface area contributed by atoms with Crippen molar-refractivity contribution in [2.24, 2.45) is 0 Å². The maximum absolute atomic E-state index is 12.3. The van der Waals surface area contributed by atoms with E-state index in [9.17, 15) is 4.79 Å². The Balaban J connectivity index is 1.60. The van der Waals surface area contributed by atoms with E-state index in [0.717, 1.165) is 22.2 Å².